The molecule has 0 aliphatic carbocycles. The maximum atomic E-state index is 10.9. The summed E-state index contributed by atoms with van der Waals surface area (Å²) in [6, 6.07) is 12.9. The molecule has 4 nitrogen and oxygen atoms in total. The number of anilines is 2. The lowest BCUT2D eigenvalue weighted by atomic mass is 10.2. The number of hydrogen-bond acceptors (Lipinski definition) is 3. The second-order valence-corrected chi connectivity index (χ2v) is 4.08. The normalized spacial score (nSPS) is 10.1. The van der Waals surface area contributed by atoms with E-state index in [2.05, 4.69) is 4.98 Å². The smallest absolute Gasteiger partial charge is 0.354 e. The zero-order valence-electron chi connectivity index (χ0n) is 10.3. The molecule has 0 atom stereocenters. The molecule has 2 rings (SSSR count). The van der Waals surface area contributed by atoms with Gasteiger partial charge in [-0.2, -0.15) is 0 Å². The van der Waals surface area contributed by atoms with Crippen LogP contribution in [0.5, 0.6) is 0 Å². The molecule has 2 aromatic rings. The molecule has 4 heteroatoms. The van der Waals surface area contributed by atoms with Gasteiger partial charge in [0.2, 0.25) is 0 Å². The number of hydrogen-bond donors (Lipinski definition) is 1. The van der Waals surface area contributed by atoms with Gasteiger partial charge in [0.1, 0.15) is 5.82 Å². The van der Waals surface area contributed by atoms with Crippen LogP contribution in [0.15, 0.2) is 42.5 Å². The number of carboxylic acids is 1. The fourth-order valence-corrected chi connectivity index (χ4v) is 1.63. The number of pyridine rings is 1. The fourth-order valence-electron chi connectivity index (χ4n) is 1.63. The lowest BCUT2D eigenvalue weighted by Gasteiger charge is -2.18. The summed E-state index contributed by atoms with van der Waals surface area (Å²) in [5.74, 6) is -0.409. The summed E-state index contributed by atoms with van der Waals surface area (Å²) in [4.78, 5) is 16.8. The summed E-state index contributed by atoms with van der Waals surface area (Å²) >= 11 is 0. The first-order valence-corrected chi connectivity index (χ1v) is 5.58. The third kappa shape index (κ3) is 2.48. The van der Waals surface area contributed by atoms with Crippen LogP contribution in [0.1, 0.15) is 16.1 Å². The molecule has 1 heterocycles. The van der Waals surface area contributed by atoms with Gasteiger partial charge in [-0.3, -0.25) is 0 Å². The van der Waals surface area contributed by atoms with Gasteiger partial charge in [0.05, 0.1) is 0 Å². The zero-order valence-corrected chi connectivity index (χ0v) is 10.3. The predicted octanol–water partition coefficient (Wildman–Crippen LogP) is 2.86. The molecular formula is C14H14N2O2. The Morgan fingerprint density at radius 2 is 1.83 bits per heavy atom. The molecule has 1 aromatic carbocycles. The molecular weight excluding hydrogens is 228 g/mol. The van der Waals surface area contributed by atoms with Gasteiger partial charge in [0.25, 0.3) is 0 Å². The minimum Gasteiger partial charge on any atom is -0.477 e. The van der Waals surface area contributed by atoms with Crippen molar-refractivity contribution in [3.8, 4) is 0 Å². The van der Waals surface area contributed by atoms with E-state index in [-0.39, 0.29) is 5.69 Å². The number of nitrogens with zero attached hydrogens (tertiary/aromatic N) is 2. The van der Waals surface area contributed by atoms with Gasteiger partial charge in [-0.05, 0) is 31.2 Å². The molecule has 0 saturated carbocycles. The summed E-state index contributed by atoms with van der Waals surface area (Å²) in [6.45, 7) is 2.02. The van der Waals surface area contributed by atoms with Crippen molar-refractivity contribution in [3.63, 3.8) is 0 Å². The molecule has 0 aliphatic heterocycles. The zero-order chi connectivity index (χ0) is 13.1. The van der Waals surface area contributed by atoms with Crippen LogP contribution < -0.4 is 4.90 Å². The highest BCUT2D eigenvalue weighted by Gasteiger charge is 2.09. The van der Waals surface area contributed by atoms with E-state index in [1.54, 1.807) is 12.1 Å². The highest BCUT2D eigenvalue weighted by Crippen LogP contribution is 2.21. The monoisotopic (exact) mass is 242 g/mol. The Hall–Kier alpha value is -2.36. The SMILES string of the molecule is Cc1ccc(N(C)c2cccc(C(=O)O)n2)cc1. The molecule has 0 amide bonds. The summed E-state index contributed by atoms with van der Waals surface area (Å²) < 4.78 is 0. The quantitative estimate of drug-likeness (QED) is 0.899. The molecule has 0 aliphatic rings. The van der Waals surface area contributed by atoms with Gasteiger partial charge in [0, 0.05) is 12.7 Å². The lowest BCUT2D eigenvalue weighted by molar-refractivity contribution is 0.0690. The van der Waals surface area contributed by atoms with Gasteiger partial charge >= 0.3 is 5.97 Å². The maximum Gasteiger partial charge on any atom is 0.354 e. The number of aromatic carboxylic acids is 1. The largest absolute Gasteiger partial charge is 0.477 e. The lowest BCUT2D eigenvalue weighted by Crippen LogP contribution is -2.13. The number of carboxylic acid groups (broad SMARTS) is 1. The van der Waals surface area contributed by atoms with Crippen LogP contribution in [0, 0.1) is 6.92 Å². The first-order valence-electron chi connectivity index (χ1n) is 5.58. The second-order valence-electron chi connectivity index (χ2n) is 4.08. The van der Waals surface area contributed by atoms with Crippen molar-refractivity contribution in [2.75, 3.05) is 11.9 Å². The number of aryl methyl sites for hydroxylation is 1. The summed E-state index contributed by atoms with van der Waals surface area (Å²) in [7, 11) is 1.86. The van der Waals surface area contributed by atoms with Crippen LogP contribution in [-0.4, -0.2) is 23.1 Å². The van der Waals surface area contributed by atoms with Crippen molar-refractivity contribution in [2.24, 2.45) is 0 Å². The van der Waals surface area contributed by atoms with Gasteiger partial charge in [-0.15, -0.1) is 0 Å². The van der Waals surface area contributed by atoms with Crippen molar-refractivity contribution in [1.82, 2.24) is 4.98 Å². The van der Waals surface area contributed by atoms with E-state index in [9.17, 15) is 4.79 Å². The number of carbonyl (C=O) groups is 1. The Labute approximate surface area is 106 Å². The van der Waals surface area contributed by atoms with Gasteiger partial charge in [-0.1, -0.05) is 23.8 Å². The first-order chi connectivity index (χ1) is 8.58. The van der Waals surface area contributed by atoms with E-state index >= 15 is 0 Å². The van der Waals surface area contributed by atoms with Gasteiger partial charge < -0.3 is 10.0 Å². The Morgan fingerprint density at radius 1 is 1.17 bits per heavy atom. The minimum atomic E-state index is -1.02. The van der Waals surface area contributed by atoms with Crippen molar-refractivity contribution in [1.29, 1.82) is 0 Å². The molecule has 18 heavy (non-hydrogen) atoms. The molecule has 0 saturated heterocycles. The van der Waals surface area contributed by atoms with E-state index in [1.807, 2.05) is 43.1 Å². The first kappa shape index (κ1) is 12.1. The van der Waals surface area contributed by atoms with E-state index < -0.39 is 5.97 Å². The van der Waals surface area contributed by atoms with Crippen LogP contribution in [0.2, 0.25) is 0 Å². The standard InChI is InChI=1S/C14H14N2O2/c1-10-6-8-11(9-7-10)16(2)13-5-3-4-12(15-13)14(17)18/h3-9H,1-2H3,(H,17,18). The topological polar surface area (TPSA) is 53.4 Å². The Morgan fingerprint density at radius 3 is 2.44 bits per heavy atom. The summed E-state index contributed by atoms with van der Waals surface area (Å²) in [5, 5.41) is 8.92. The van der Waals surface area contributed by atoms with Crippen molar-refractivity contribution >= 4 is 17.5 Å². The van der Waals surface area contributed by atoms with Crippen LogP contribution in [0.25, 0.3) is 0 Å². The molecule has 1 aromatic heterocycles. The predicted molar refractivity (Wildman–Crippen MR) is 70.4 cm³/mol. The van der Waals surface area contributed by atoms with Gasteiger partial charge in [-0.25, -0.2) is 9.78 Å². The summed E-state index contributed by atoms with van der Waals surface area (Å²) in [6.07, 6.45) is 0. The molecule has 0 unspecified atom stereocenters. The summed E-state index contributed by atoms with van der Waals surface area (Å²) in [5.41, 5.74) is 2.20. The van der Waals surface area contributed by atoms with E-state index in [0.717, 1.165) is 5.69 Å². The van der Waals surface area contributed by atoms with Crippen LogP contribution in [0.3, 0.4) is 0 Å². The fraction of sp³-hybridized carbons (Fsp3) is 0.143. The molecule has 0 radical (unpaired) electrons. The second kappa shape index (κ2) is 4.87. The van der Waals surface area contributed by atoms with E-state index in [1.165, 1.54) is 11.6 Å². The van der Waals surface area contributed by atoms with Crippen LogP contribution in [0.4, 0.5) is 11.5 Å². The average Bonchev–Trinajstić information content (AvgIpc) is 2.39. The molecule has 0 fully saturated rings. The maximum absolute atomic E-state index is 10.9. The van der Waals surface area contributed by atoms with Gasteiger partial charge in [0.15, 0.2) is 5.69 Å². The minimum absolute atomic E-state index is 0.0476. The van der Waals surface area contributed by atoms with Crippen LogP contribution in [-0.2, 0) is 0 Å². The van der Waals surface area contributed by atoms with E-state index in [4.69, 9.17) is 5.11 Å². The Balaban J connectivity index is 2.33. The van der Waals surface area contributed by atoms with Crippen LogP contribution >= 0.6 is 0 Å². The highest BCUT2D eigenvalue weighted by molar-refractivity contribution is 5.85. The third-order valence-electron chi connectivity index (χ3n) is 2.72. The number of aromatic nitrogens is 1. The Kier molecular flexibility index (Phi) is 3.28. The molecule has 0 spiro atoms. The Bertz CT molecular complexity index is 564. The van der Waals surface area contributed by atoms with E-state index in [0.29, 0.717) is 5.82 Å². The molecule has 1 N–H and O–H groups in total. The third-order valence-corrected chi connectivity index (χ3v) is 2.72. The van der Waals surface area contributed by atoms with Crippen molar-refractivity contribution in [2.45, 2.75) is 6.92 Å². The van der Waals surface area contributed by atoms with Crippen molar-refractivity contribution in [3.05, 3.63) is 53.7 Å². The highest BCUT2D eigenvalue weighted by atomic mass is 16.4. The van der Waals surface area contributed by atoms with Crippen molar-refractivity contribution < 1.29 is 9.90 Å². The number of benzene rings is 1. The average molecular weight is 242 g/mol. The number of rotatable bonds is 3. The molecule has 0 bridgehead atoms. The molecule has 92 valence electrons.